The first-order valence-corrected chi connectivity index (χ1v) is 6.39. The third kappa shape index (κ3) is 1.70. The highest BCUT2D eigenvalue weighted by atomic mass is 19.2. The Morgan fingerprint density at radius 3 is 1.25 bits per heavy atom. The molecular formula is C14H12F2O8. The molecule has 0 aromatic heterocycles. The van der Waals surface area contributed by atoms with E-state index in [4.69, 9.17) is 0 Å². The predicted molar refractivity (Wildman–Crippen MR) is 69.8 cm³/mol. The molecule has 2 bridgehead atoms. The molecule has 0 aromatic carbocycles. The van der Waals surface area contributed by atoms with E-state index in [9.17, 15) is 19.2 Å². The number of ketones is 2. The molecule has 0 saturated carbocycles. The van der Waals surface area contributed by atoms with Gasteiger partial charge in [0.2, 0.25) is 0 Å². The molecule has 8 nitrogen and oxygen atoms in total. The van der Waals surface area contributed by atoms with Crippen molar-refractivity contribution >= 4 is 23.5 Å². The van der Waals surface area contributed by atoms with Crippen molar-refractivity contribution in [2.75, 3.05) is 28.4 Å². The maximum atomic E-state index is 15.5. The molecule has 0 radical (unpaired) electrons. The van der Waals surface area contributed by atoms with Gasteiger partial charge in [-0.15, -0.1) is 0 Å². The molecule has 3 aliphatic carbocycles. The fourth-order valence-electron chi connectivity index (χ4n) is 2.79. The molecule has 0 amide bonds. The Bertz CT molecular complexity index is 677. The predicted octanol–water partition coefficient (Wildman–Crippen LogP) is -0.285. The lowest BCUT2D eigenvalue weighted by Crippen LogP contribution is -2.65. The Morgan fingerprint density at radius 2 is 1.04 bits per heavy atom. The maximum Gasteiger partial charge on any atom is 0.338 e. The topological polar surface area (TPSA) is 105 Å². The minimum Gasteiger partial charge on any atom is -0.493 e. The summed E-state index contributed by atoms with van der Waals surface area (Å²) in [5, 5.41) is 0. The minimum absolute atomic E-state index is 0.820. The smallest absolute Gasteiger partial charge is 0.338 e. The van der Waals surface area contributed by atoms with E-state index in [2.05, 4.69) is 18.9 Å². The van der Waals surface area contributed by atoms with Crippen LogP contribution in [0.15, 0.2) is 22.7 Å². The molecule has 0 spiro atoms. The van der Waals surface area contributed by atoms with E-state index >= 15 is 8.78 Å². The van der Waals surface area contributed by atoms with Crippen molar-refractivity contribution < 1.29 is 46.9 Å². The number of esters is 2. The Balaban J connectivity index is 3.04. The van der Waals surface area contributed by atoms with Crippen molar-refractivity contribution in [1.29, 1.82) is 0 Å². The molecule has 0 aromatic rings. The van der Waals surface area contributed by atoms with Gasteiger partial charge in [-0.05, 0) is 0 Å². The van der Waals surface area contributed by atoms with E-state index in [1.165, 1.54) is 0 Å². The van der Waals surface area contributed by atoms with E-state index in [-0.39, 0.29) is 0 Å². The van der Waals surface area contributed by atoms with Gasteiger partial charge in [0, 0.05) is 0 Å². The van der Waals surface area contributed by atoms with Crippen molar-refractivity contribution in [3.63, 3.8) is 0 Å². The highest BCUT2D eigenvalue weighted by molar-refractivity contribution is 6.50. The number of carbonyl (C=O) groups excluding carboxylic acids is 4. The second-order valence-corrected chi connectivity index (χ2v) is 4.77. The molecule has 2 unspecified atom stereocenters. The first kappa shape index (κ1) is 17.6. The molecule has 10 heteroatoms. The van der Waals surface area contributed by atoms with Gasteiger partial charge in [-0.3, -0.25) is 9.59 Å². The van der Waals surface area contributed by atoms with Crippen molar-refractivity contribution in [1.82, 2.24) is 0 Å². The van der Waals surface area contributed by atoms with Crippen LogP contribution in [0.5, 0.6) is 0 Å². The molecule has 0 saturated heterocycles. The summed E-state index contributed by atoms with van der Waals surface area (Å²) in [6.45, 7) is 0. The largest absolute Gasteiger partial charge is 0.493 e. The van der Waals surface area contributed by atoms with Crippen LogP contribution in [-0.2, 0) is 38.1 Å². The summed E-state index contributed by atoms with van der Waals surface area (Å²) in [5.41, 5.74) is -9.77. The van der Waals surface area contributed by atoms with E-state index < -0.39 is 57.5 Å². The summed E-state index contributed by atoms with van der Waals surface area (Å²) < 4.78 is 49.1. The summed E-state index contributed by atoms with van der Waals surface area (Å²) in [6, 6.07) is 0. The van der Waals surface area contributed by atoms with Gasteiger partial charge in [0.15, 0.2) is 11.5 Å². The Hall–Kier alpha value is -2.78. The molecule has 130 valence electrons. The van der Waals surface area contributed by atoms with Crippen LogP contribution in [0.4, 0.5) is 8.78 Å². The summed E-state index contributed by atoms with van der Waals surface area (Å²) >= 11 is 0. The van der Waals surface area contributed by atoms with Gasteiger partial charge in [-0.25, -0.2) is 18.4 Å². The van der Waals surface area contributed by atoms with Gasteiger partial charge in [0.1, 0.15) is 11.1 Å². The fraction of sp³-hybridized carbons (Fsp3) is 0.429. The van der Waals surface area contributed by atoms with Crippen molar-refractivity contribution in [2.24, 2.45) is 0 Å². The van der Waals surface area contributed by atoms with Crippen LogP contribution in [0.3, 0.4) is 0 Å². The van der Waals surface area contributed by atoms with Crippen LogP contribution in [0.2, 0.25) is 0 Å². The van der Waals surface area contributed by atoms with Crippen LogP contribution in [0, 0.1) is 0 Å². The number of hydrogen-bond acceptors (Lipinski definition) is 8. The Labute approximate surface area is 134 Å². The van der Waals surface area contributed by atoms with Gasteiger partial charge in [-0.2, -0.15) is 0 Å². The number of hydrogen-bond donors (Lipinski definition) is 0. The van der Waals surface area contributed by atoms with Crippen molar-refractivity contribution in [3.05, 3.63) is 22.7 Å². The summed E-state index contributed by atoms with van der Waals surface area (Å²) in [5.74, 6) is -9.02. The average Bonchev–Trinajstić information content (AvgIpc) is 2.58. The van der Waals surface area contributed by atoms with Crippen molar-refractivity contribution in [2.45, 2.75) is 11.3 Å². The number of fused-ring (bicyclic) bond motifs is 1. The molecule has 0 fully saturated rings. The van der Waals surface area contributed by atoms with Crippen molar-refractivity contribution in [3.8, 4) is 0 Å². The van der Waals surface area contributed by atoms with Crippen LogP contribution >= 0.6 is 0 Å². The SMILES string of the molecule is COC(=O)C1=C(C(=O)OC)C2(F)C(=O)C(=O)C1(F)C(OC)=C2OC. The molecule has 3 rings (SSSR count). The number of alkyl halides is 2. The first-order valence-electron chi connectivity index (χ1n) is 6.39. The second kappa shape index (κ2) is 5.39. The highest BCUT2D eigenvalue weighted by Crippen LogP contribution is 2.54. The number of allylic oxidation sites excluding steroid dienone is 2. The minimum atomic E-state index is -3.57. The summed E-state index contributed by atoms with van der Waals surface area (Å²) in [4.78, 5) is 48.1. The normalized spacial score (nSPS) is 28.9. The van der Waals surface area contributed by atoms with Crippen LogP contribution < -0.4 is 0 Å². The van der Waals surface area contributed by atoms with Crippen LogP contribution in [0.25, 0.3) is 0 Å². The number of rotatable bonds is 4. The lowest BCUT2D eigenvalue weighted by molar-refractivity contribution is -0.158. The molecule has 0 aliphatic heterocycles. The third-order valence-electron chi connectivity index (χ3n) is 3.79. The lowest BCUT2D eigenvalue weighted by Gasteiger charge is -2.43. The second-order valence-electron chi connectivity index (χ2n) is 4.77. The number of halogens is 2. The van der Waals surface area contributed by atoms with E-state index in [1.54, 1.807) is 0 Å². The molecule has 3 aliphatic rings. The van der Waals surface area contributed by atoms with Gasteiger partial charge in [0.25, 0.3) is 22.9 Å². The first-order chi connectivity index (χ1) is 11.2. The number of methoxy groups -OCH3 is 4. The number of carbonyl (C=O) groups is 4. The molecule has 2 atom stereocenters. The summed E-state index contributed by atoms with van der Waals surface area (Å²) in [7, 11) is 3.40. The number of ether oxygens (including phenoxy) is 4. The average molecular weight is 346 g/mol. The van der Waals surface area contributed by atoms with Gasteiger partial charge in [-0.1, -0.05) is 0 Å². The third-order valence-corrected chi connectivity index (χ3v) is 3.79. The van der Waals surface area contributed by atoms with Gasteiger partial charge >= 0.3 is 11.9 Å². The van der Waals surface area contributed by atoms with Crippen LogP contribution in [-0.4, -0.2) is 63.3 Å². The van der Waals surface area contributed by atoms with E-state index in [0.717, 1.165) is 28.4 Å². The standard InChI is InChI=1S/C14H12F2O8/c1-21-9-10(22-2)14(16)6(12(20)24-4)5(11(19)23-3)13(9,15)7(17)8(14)18/h1-4H3. The zero-order valence-corrected chi connectivity index (χ0v) is 13.0. The van der Waals surface area contributed by atoms with E-state index in [1.807, 2.05) is 0 Å². The highest BCUT2D eigenvalue weighted by Gasteiger charge is 2.75. The monoisotopic (exact) mass is 346 g/mol. The van der Waals surface area contributed by atoms with Gasteiger partial charge in [0.05, 0.1) is 28.4 Å². The fourth-order valence-corrected chi connectivity index (χ4v) is 2.79. The zero-order valence-electron chi connectivity index (χ0n) is 13.0. The van der Waals surface area contributed by atoms with E-state index in [0.29, 0.717) is 0 Å². The Kier molecular flexibility index (Phi) is 3.95. The molecular weight excluding hydrogens is 334 g/mol. The summed E-state index contributed by atoms with van der Waals surface area (Å²) in [6.07, 6.45) is 0. The van der Waals surface area contributed by atoms with Gasteiger partial charge < -0.3 is 18.9 Å². The molecule has 0 heterocycles. The Morgan fingerprint density at radius 1 is 0.750 bits per heavy atom. The molecule has 24 heavy (non-hydrogen) atoms. The number of Topliss-reactive ketones (excluding diaryl/α,β-unsaturated/α-hetero) is 2. The zero-order chi connectivity index (χ0) is 18.4. The quantitative estimate of drug-likeness (QED) is 0.505. The van der Waals surface area contributed by atoms with Crippen LogP contribution in [0.1, 0.15) is 0 Å². The lowest BCUT2D eigenvalue weighted by atomic mass is 9.64. The maximum absolute atomic E-state index is 15.5. The molecule has 0 N–H and O–H groups in total.